The molecular formula is C31H30F4N4O3. The molecule has 0 atom stereocenters. The molecule has 0 amide bonds. The van der Waals surface area contributed by atoms with Crippen molar-refractivity contribution in [1.29, 1.82) is 0 Å². The zero-order chi connectivity index (χ0) is 29.5. The van der Waals surface area contributed by atoms with Crippen molar-refractivity contribution in [2.75, 3.05) is 51.9 Å². The number of hydrogen-bond donors (Lipinski definition) is 1. The molecule has 1 aromatic heterocycles. The van der Waals surface area contributed by atoms with E-state index in [2.05, 4.69) is 20.2 Å². The minimum Gasteiger partial charge on any atom is -0.493 e. The van der Waals surface area contributed by atoms with Crippen molar-refractivity contribution in [1.82, 2.24) is 14.9 Å². The number of morpholine rings is 1. The van der Waals surface area contributed by atoms with E-state index < -0.39 is 17.6 Å². The maximum atomic E-state index is 13.6. The average Bonchev–Trinajstić information content (AvgIpc) is 2.99. The van der Waals surface area contributed by atoms with E-state index in [1.54, 1.807) is 13.2 Å². The lowest BCUT2D eigenvalue weighted by Crippen LogP contribution is -2.37. The van der Waals surface area contributed by atoms with Crippen LogP contribution in [0, 0.1) is 5.82 Å². The molecule has 0 saturated carbocycles. The fourth-order valence-electron chi connectivity index (χ4n) is 4.60. The minimum absolute atomic E-state index is 0.243. The van der Waals surface area contributed by atoms with E-state index >= 15 is 0 Å². The Hall–Kier alpha value is -4.22. The average molecular weight is 583 g/mol. The molecule has 1 N–H and O–H groups in total. The molecular weight excluding hydrogens is 552 g/mol. The second kappa shape index (κ2) is 13.2. The van der Waals surface area contributed by atoms with E-state index in [1.807, 2.05) is 36.4 Å². The Morgan fingerprint density at radius 2 is 1.69 bits per heavy atom. The van der Waals surface area contributed by atoms with E-state index in [-0.39, 0.29) is 5.56 Å². The number of aromatic nitrogens is 2. The molecule has 42 heavy (non-hydrogen) atoms. The molecule has 2 heterocycles. The first-order chi connectivity index (χ1) is 20.3. The predicted molar refractivity (Wildman–Crippen MR) is 154 cm³/mol. The number of anilines is 2. The third-order valence-corrected chi connectivity index (χ3v) is 6.84. The van der Waals surface area contributed by atoms with E-state index in [1.165, 1.54) is 18.5 Å². The Bertz CT molecular complexity index is 1540. The van der Waals surface area contributed by atoms with Gasteiger partial charge in [-0.05, 0) is 47.9 Å². The summed E-state index contributed by atoms with van der Waals surface area (Å²) in [6, 6.07) is 13.8. The molecule has 1 aliphatic heterocycles. The van der Waals surface area contributed by atoms with Gasteiger partial charge in [-0.2, -0.15) is 13.2 Å². The van der Waals surface area contributed by atoms with E-state index in [0.717, 1.165) is 68.0 Å². The number of rotatable bonds is 10. The molecule has 220 valence electrons. The van der Waals surface area contributed by atoms with Crippen LogP contribution in [0.3, 0.4) is 0 Å². The predicted octanol–water partition coefficient (Wildman–Crippen LogP) is 6.81. The summed E-state index contributed by atoms with van der Waals surface area (Å²) in [7, 11) is 1.59. The lowest BCUT2D eigenvalue weighted by atomic mass is 10.1. The van der Waals surface area contributed by atoms with Crippen molar-refractivity contribution in [3.05, 3.63) is 83.4 Å². The molecule has 1 fully saturated rings. The van der Waals surface area contributed by atoms with Crippen LogP contribution >= 0.6 is 0 Å². The van der Waals surface area contributed by atoms with Gasteiger partial charge in [0.05, 0.1) is 38.0 Å². The van der Waals surface area contributed by atoms with Gasteiger partial charge < -0.3 is 19.5 Å². The molecule has 4 aromatic rings. The van der Waals surface area contributed by atoms with Crippen LogP contribution in [0.15, 0.2) is 60.9 Å². The molecule has 0 aliphatic carbocycles. The number of ether oxygens (including phenoxy) is 3. The number of benzene rings is 3. The van der Waals surface area contributed by atoms with Crippen LogP contribution in [-0.2, 0) is 10.9 Å². The Kier molecular flexibility index (Phi) is 9.19. The van der Waals surface area contributed by atoms with E-state index in [4.69, 9.17) is 14.2 Å². The Morgan fingerprint density at radius 3 is 2.43 bits per heavy atom. The number of methoxy groups -OCH3 is 1. The smallest absolute Gasteiger partial charge is 0.419 e. The summed E-state index contributed by atoms with van der Waals surface area (Å²) in [5, 5.41) is 4.05. The van der Waals surface area contributed by atoms with Crippen LogP contribution in [0.5, 0.6) is 11.5 Å². The number of halogens is 4. The molecule has 0 bridgehead atoms. The molecule has 0 spiro atoms. The van der Waals surface area contributed by atoms with Gasteiger partial charge >= 0.3 is 6.18 Å². The highest BCUT2D eigenvalue weighted by atomic mass is 19.4. The van der Waals surface area contributed by atoms with Crippen LogP contribution in [0.25, 0.3) is 23.1 Å². The molecule has 3 aromatic carbocycles. The van der Waals surface area contributed by atoms with Gasteiger partial charge in [0.2, 0.25) is 0 Å². The fourth-order valence-corrected chi connectivity index (χ4v) is 4.60. The molecule has 7 nitrogen and oxygen atoms in total. The highest BCUT2D eigenvalue weighted by Gasteiger charge is 2.34. The molecule has 5 rings (SSSR count). The fraction of sp³-hybridized carbons (Fsp3) is 0.290. The van der Waals surface area contributed by atoms with Crippen LogP contribution in [0.2, 0.25) is 0 Å². The maximum Gasteiger partial charge on any atom is 0.419 e. The zero-order valence-corrected chi connectivity index (χ0v) is 23.0. The summed E-state index contributed by atoms with van der Waals surface area (Å²) in [5.41, 5.74) is 1.14. The monoisotopic (exact) mass is 582 g/mol. The van der Waals surface area contributed by atoms with Crippen LogP contribution < -0.4 is 14.8 Å². The largest absolute Gasteiger partial charge is 0.493 e. The van der Waals surface area contributed by atoms with Crippen molar-refractivity contribution >= 4 is 34.6 Å². The van der Waals surface area contributed by atoms with Gasteiger partial charge in [0.15, 0.2) is 11.5 Å². The number of nitrogens with zero attached hydrogens (tertiary/aromatic N) is 3. The third kappa shape index (κ3) is 7.34. The second-order valence-electron chi connectivity index (χ2n) is 9.72. The summed E-state index contributed by atoms with van der Waals surface area (Å²) in [6.07, 6.45) is 0.732. The van der Waals surface area contributed by atoms with Crippen LogP contribution in [0.4, 0.5) is 29.1 Å². The SMILES string of the molecule is COc1cc2ncnc(Nc3ccc(/C=C/c4ccc(F)c(C(F)(F)F)c4)cc3)c2cc1OCCCN1CCOCC1. The Morgan fingerprint density at radius 1 is 0.952 bits per heavy atom. The minimum atomic E-state index is -4.76. The Balaban J connectivity index is 1.27. The highest BCUT2D eigenvalue weighted by Crippen LogP contribution is 2.35. The summed E-state index contributed by atoms with van der Waals surface area (Å²) in [6.45, 7) is 4.84. The summed E-state index contributed by atoms with van der Waals surface area (Å²) >= 11 is 0. The van der Waals surface area contributed by atoms with Gasteiger partial charge in [-0.3, -0.25) is 4.90 Å². The topological polar surface area (TPSA) is 68.7 Å². The molecule has 1 aliphatic rings. The van der Waals surface area contributed by atoms with Gasteiger partial charge in [-0.25, -0.2) is 14.4 Å². The van der Waals surface area contributed by atoms with Crippen molar-refractivity contribution in [2.45, 2.75) is 12.6 Å². The van der Waals surface area contributed by atoms with Gasteiger partial charge in [0.25, 0.3) is 0 Å². The van der Waals surface area contributed by atoms with Gasteiger partial charge in [0, 0.05) is 36.8 Å². The van der Waals surface area contributed by atoms with Crippen molar-refractivity contribution in [3.8, 4) is 11.5 Å². The highest BCUT2D eigenvalue weighted by molar-refractivity contribution is 5.93. The van der Waals surface area contributed by atoms with E-state index in [0.29, 0.717) is 29.4 Å². The summed E-state index contributed by atoms with van der Waals surface area (Å²) in [4.78, 5) is 11.1. The third-order valence-electron chi connectivity index (χ3n) is 6.84. The van der Waals surface area contributed by atoms with Gasteiger partial charge in [0.1, 0.15) is 18.0 Å². The molecule has 1 saturated heterocycles. The van der Waals surface area contributed by atoms with Crippen molar-refractivity contribution in [3.63, 3.8) is 0 Å². The number of nitrogens with one attached hydrogen (secondary N) is 1. The lowest BCUT2D eigenvalue weighted by Gasteiger charge is -2.26. The van der Waals surface area contributed by atoms with Crippen LogP contribution in [-0.4, -0.2) is 61.4 Å². The first-order valence-corrected chi connectivity index (χ1v) is 13.5. The molecule has 0 radical (unpaired) electrons. The summed E-state index contributed by atoms with van der Waals surface area (Å²) < 4.78 is 69.6. The quantitative estimate of drug-likeness (QED) is 0.125. The maximum absolute atomic E-state index is 13.6. The van der Waals surface area contributed by atoms with E-state index in [9.17, 15) is 17.6 Å². The lowest BCUT2D eigenvalue weighted by molar-refractivity contribution is -0.140. The Labute approximate surface area is 240 Å². The van der Waals surface area contributed by atoms with Gasteiger partial charge in [-0.1, -0.05) is 30.4 Å². The normalized spacial score (nSPS) is 14.4. The number of hydrogen-bond acceptors (Lipinski definition) is 7. The second-order valence-corrected chi connectivity index (χ2v) is 9.72. The first-order valence-electron chi connectivity index (χ1n) is 13.5. The molecule has 11 heteroatoms. The zero-order valence-electron chi connectivity index (χ0n) is 23.0. The molecule has 0 unspecified atom stereocenters. The number of alkyl halides is 3. The van der Waals surface area contributed by atoms with Crippen molar-refractivity contribution in [2.24, 2.45) is 0 Å². The number of fused-ring (bicyclic) bond motifs is 1. The van der Waals surface area contributed by atoms with Gasteiger partial charge in [-0.15, -0.1) is 0 Å². The van der Waals surface area contributed by atoms with Crippen LogP contribution in [0.1, 0.15) is 23.1 Å². The first kappa shape index (κ1) is 29.3. The standard InChI is InChI=1S/C31H30F4N4O3/c1-40-28-19-27-24(18-29(28)42-14-2-11-39-12-15-41-16-13-39)30(37-20-36-27)38-23-8-5-21(6-9-23)3-4-22-7-10-26(32)25(17-22)31(33,34)35/h3-10,17-20H,2,11-16H2,1H3,(H,36,37,38)/b4-3+. The van der Waals surface area contributed by atoms with Crippen molar-refractivity contribution < 1.29 is 31.8 Å². The summed E-state index contributed by atoms with van der Waals surface area (Å²) in [5.74, 6) is 0.460.